The fourth-order valence-electron chi connectivity index (χ4n) is 1.86. The van der Waals surface area contributed by atoms with Gasteiger partial charge >= 0.3 is 0 Å². The molecule has 1 aromatic rings. The van der Waals surface area contributed by atoms with Crippen molar-refractivity contribution in [2.45, 2.75) is 37.9 Å². The van der Waals surface area contributed by atoms with Gasteiger partial charge in [0, 0.05) is 13.0 Å². The molecular weight excluding hydrogens is 338 g/mol. The molecule has 24 heavy (non-hydrogen) atoms. The second-order valence-corrected chi connectivity index (χ2v) is 13.2. The molecule has 0 heterocycles. The highest BCUT2D eigenvalue weighted by atomic mass is 32.2. The maximum atomic E-state index is 12.8. The van der Waals surface area contributed by atoms with Crippen LogP contribution in [0.1, 0.15) is 12.0 Å². The van der Waals surface area contributed by atoms with Crippen molar-refractivity contribution >= 4 is 18.1 Å². The number of rotatable bonds is 5. The van der Waals surface area contributed by atoms with E-state index in [9.17, 15) is 8.42 Å². The first-order valence-corrected chi connectivity index (χ1v) is 12.7. The summed E-state index contributed by atoms with van der Waals surface area (Å²) >= 11 is 0. The van der Waals surface area contributed by atoms with E-state index in [0.717, 1.165) is 5.56 Å². The largest absolute Gasteiger partial charge is 0.384 e. The summed E-state index contributed by atoms with van der Waals surface area (Å²) < 4.78 is 27.0. The van der Waals surface area contributed by atoms with Crippen molar-refractivity contribution < 1.29 is 13.5 Å². The van der Waals surface area contributed by atoms with E-state index in [-0.39, 0.29) is 24.6 Å². The first-order chi connectivity index (χ1) is 11.2. The van der Waals surface area contributed by atoms with Gasteiger partial charge in [-0.15, -0.1) is 5.54 Å². The van der Waals surface area contributed by atoms with Crippen LogP contribution in [0.15, 0.2) is 29.2 Å². The van der Waals surface area contributed by atoms with E-state index >= 15 is 0 Å². The van der Waals surface area contributed by atoms with Gasteiger partial charge in [0.1, 0.15) is 14.7 Å². The molecule has 1 aromatic carbocycles. The molecule has 0 radical (unpaired) electrons. The minimum absolute atomic E-state index is 0.154. The highest BCUT2D eigenvalue weighted by Gasteiger charge is 2.23. The van der Waals surface area contributed by atoms with Gasteiger partial charge in [0.25, 0.3) is 0 Å². The lowest BCUT2D eigenvalue weighted by Crippen LogP contribution is -2.32. The number of hydrogen-bond donors (Lipinski definition) is 1. The molecule has 0 aliphatic heterocycles. The molecule has 0 aliphatic rings. The minimum Gasteiger partial charge on any atom is -0.384 e. The quantitative estimate of drug-likeness (QED) is 0.645. The van der Waals surface area contributed by atoms with Crippen molar-refractivity contribution in [2.75, 3.05) is 19.7 Å². The Bertz CT molecular complexity index is 757. The van der Waals surface area contributed by atoms with Crippen LogP contribution < -0.4 is 0 Å². The molecule has 130 valence electrons. The monoisotopic (exact) mass is 363 g/mol. The van der Waals surface area contributed by atoms with Crippen LogP contribution in [0.25, 0.3) is 0 Å². The van der Waals surface area contributed by atoms with Gasteiger partial charge in [-0.05, 0) is 19.1 Å². The molecule has 0 atom stereocenters. The second-order valence-electron chi connectivity index (χ2n) is 6.47. The summed E-state index contributed by atoms with van der Waals surface area (Å²) in [4.78, 5) is 0.262. The molecule has 0 saturated heterocycles. The van der Waals surface area contributed by atoms with Gasteiger partial charge in [-0.2, -0.15) is 4.31 Å². The fourth-order valence-corrected chi connectivity index (χ4v) is 3.81. The summed E-state index contributed by atoms with van der Waals surface area (Å²) in [6, 6.07) is 6.79. The Kier molecular flexibility index (Phi) is 7.72. The van der Waals surface area contributed by atoms with Gasteiger partial charge < -0.3 is 5.11 Å². The number of aryl methyl sites for hydroxylation is 1. The number of aliphatic hydroxyl groups is 1. The van der Waals surface area contributed by atoms with Crippen molar-refractivity contribution in [1.82, 2.24) is 4.31 Å². The lowest BCUT2D eigenvalue weighted by atomic mass is 10.2. The highest BCUT2D eigenvalue weighted by molar-refractivity contribution is 7.89. The standard InChI is InChI=1S/C18H25NO3SSi/c1-17-9-11-18(12-10-17)23(21,22)19(13-6-5-7-15-20)14-8-16-24(2,3)4/h9-12,20H,6,13-15H2,1-4H3. The first kappa shape index (κ1) is 20.5. The summed E-state index contributed by atoms with van der Waals surface area (Å²) in [6.45, 7) is 8.45. The Morgan fingerprint density at radius 3 is 2.25 bits per heavy atom. The maximum Gasteiger partial charge on any atom is 0.243 e. The van der Waals surface area contributed by atoms with Crippen LogP contribution >= 0.6 is 0 Å². The molecule has 1 rings (SSSR count). The number of hydrogen-bond acceptors (Lipinski definition) is 3. The predicted molar refractivity (Wildman–Crippen MR) is 101 cm³/mol. The summed E-state index contributed by atoms with van der Waals surface area (Å²) in [7, 11) is -5.16. The zero-order chi connectivity index (χ0) is 18.2. The Labute approximate surface area is 147 Å². The van der Waals surface area contributed by atoms with E-state index < -0.39 is 18.1 Å². The van der Waals surface area contributed by atoms with E-state index in [1.165, 1.54) is 4.31 Å². The molecule has 0 unspecified atom stereocenters. The highest BCUT2D eigenvalue weighted by Crippen LogP contribution is 2.16. The molecule has 4 nitrogen and oxygen atoms in total. The third-order valence-electron chi connectivity index (χ3n) is 3.07. The summed E-state index contributed by atoms with van der Waals surface area (Å²) in [6.07, 6.45) is 0.361. The first-order valence-electron chi connectivity index (χ1n) is 7.80. The topological polar surface area (TPSA) is 57.6 Å². The van der Waals surface area contributed by atoms with E-state index in [0.29, 0.717) is 6.42 Å². The molecule has 0 bridgehead atoms. The van der Waals surface area contributed by atoms with E-state index in [1.807, 2.05) is 6.92 Å². The molecular formula is C18H25NO3SSi. The Morgan fingerprint density at radius 1 is 1.08 bits per heavy atom. The van der Waals surface area contributed by atoms with Crippen LogP contribution in [0.3, 0.4) is 0 Å². The number of aliphatic hydroxyl groups excluding tert-OH is 1. The van der Waals surface area contributed by atoms with Crippen LogP contribution in [0.2, 0.25) is 19.6 Å². The lowest BCUT2D eigenvalue weighted by molar-refractivity contribution is 0.350. The SMILES string of the molecule is Cc1ccc(S(=O)(=O)N(CC#C[Si](C)(C)C)CCC#CCO)cc1. The van der Waals surface area contributed by atoms with Crippen LogP contribution in [0, 0.1) is 30.2 Å². The van der Waals surface area contributed by atoms with Crippen LogP contribution in [0.5, 0.6) is 0 Å². The van der Waals surface area contributed by atoms with E-state index in [1.54, 1.807) is 24.3 Å². The van der Waals surface area contributed by atoms with E-state index in [2.05, 4.69) is 42.9 Å². The molecule has 0 spiro atoms. The van der Waals surface area contributed by atoms with Gasteiger partial charge in [-0.25, -0.2) is 8.42 Å². The lowest BCUT2D eigenvalue weighted by Gasteiger charge is -2.19. The fraction of sp³-hybridized carbons (Fsp3) is 0.444. The van der Waals surface area contributed by atoms with Gasteiger partial charge in [0.05, 0.1) is 11.4 Å². The Balaban J connectivity index is 3.04. The third kappa shape index (κ3) is 6.90. The van der Waals surface area contributed by atoms with Crippen molar-refractivity contribution in [2.24, 2.45) is 0 Å². The molecule has 0 aliphatic carbocycles. The van der Waals surface area contributed by atoms with Gasteiger partial charge in [-0.1, -0.05) is 55.1 Å². The average Bonchev–Trinajstić information content (AvgIpc) is 2.49. The molecule has 0 saturated carbocycles. The van der Waals surface area contributed by atoms with Crippen molar-refractivity contribution in [3.63, 3.8) is 0 Å². The van der Waals surface area contributed by atoms with Crippen LogP contribution in [0.4, 0.5) is 0 Å². The molecule has 6 heteroatoms. The summed E-state index contributed by atoms with van der Waals surface area (Å²) in [5.74, 6) is 8.31. The number of sulfonamides is 1. The smallest absolute Gasteiger partial charge is 0.243 e. The number of benzene rings is 1. The zero-order valence-electron chi connectivity index (χ0n) is 14.8. The normalized spacial score (nSPS) is 11.4. The average molecular weight is 364 g/mol. The minimum atomic E-state index is -3.61. The van der Waals surface area contributed by atoms with Crippen molar-refractivity contribution in [1.29, 1.82) is 0 Å². The molecule has 0 amide bonds. The Morgan fingerprint density at radius 2 is 1.71 bits per heavy atom. The van der Waals surface area contributed by atoms with E-state index in [4.69, 9.17) is 5.11 Å². The molecule has 0 fully saturated rings. The van der Waals surface area contributed by atoms with Crippen molar-refractivity contribution in [3.8, 4) is 23.3 Å². The summed E-state index contributed by atoms with van der Waals surface area (Å²) in [5.41, 5.74) is 4.20. The predicted octanol–water partition coefficient (Wildman–Crippen LogP) is 2.25. The van der Waals surface area contributed by atoms with Crippen molar-refractivity contribution in [3.05, 3.63) is 29.8 Å². The Hall–Kier alpha value is -1.57. The zero-order valence-corrected chi connectivity index (χ0v) is 16.6. The van der Waals surface area contributed by atoms with Gasteiger partial charge in [0.2, 0.25) is 10.0 Å². The van der Waals surface area contributed by atoms with Gasteiger partial charge in [0.15, 0.2) is 0 Å². The van der Waals surface area contributed by atoms with Crippen LogP contribution in [-0.4, -0.2) is 45.6 Å². The van der Waals surface area contributed by atoms with Crippen LogP contribution in [-0.2, 0) is 10.0 Å². The maximum absolute atomic E-state index is 12.8. The third-order valence-corrected chi connectivity index (χ3v) is 5.85. The second kappa shape index (κ2) is 9.05. The number of nitrogens with zero attached hydrogens (tertiary/aromatic N) is 1. The van der Waals surface area contributed by atoms with Gasteiger partial charge in [-0.3, -0.25) is 0 Å². The summed E-state index contributed by atoms with van der Waals surface area (Å²) in [5, 5.41) is 8.70. The molecule has 1 N–H and O–H groups in total. The molecule has 0 aromatic heterocycles.